The highest BCUT2D eigenvalue weighted by Crippen LogP contribution is 2.28. The zero-order valence-electron chi connectivity index (χ0n) is 14.1. The predicted molar refractivity (Wildman–Crippen MR) is 87.0 cm³/mol. The Kier molecular flexibility index (Phi) is 7.18. The number of urea groups is 1. The summed E-state index contributed by atoms with van der Waals surface area (Å²) in [5.74, 6) is 0.823. The Bertz CT molecular complexity index is 545. The Hall–Kier alpha value is -2.44. The first kappa shape index (κ1) is 18.6. The van der Waals surface area contributed by atoms with Gasteiger partial charge in [0.1, 0.15) is 17.5 Å². The molecular weight excluding hydrogens is 300 g/mol. The normalized spacial score (nSPS) is 11.6. The van der Waals surface area contributed by atoms with Gasteiger partial charge in [-0.1, -0.05) is 13.8 Å². The molecule has 0 saturated carbocycles. The Labute approximate surface area is 136 Å². The Morgan fingerprint density at radius 1 is 1.13 bits per heavy atom. The molecule has 128 valence electrons. The van der Waals surface area contributed by atoms with Crippen LogP contribution in [0.2, 0.25) is 0 Å². The van der Waals surface area contributed by atoms with Crippen molar-refractivity contribution in [2.45, 2.75) is 26.3 Å². The van der Waals surface area contributed by atoms with Crippen LogP contribution in [0.5, 0.6) is 11.5 Å². The van der Waals surface area contributed by atoms with Gasteiger partial charge in [-0.25, -0.2) is 9.59 Å². The number of hydrogen-bond donors (Lipinski definition) is 2. The van der Waals surface area contributed by atoms with Crippen molar-refractivity contribution >= 4 is 17.7 Å². The summed E-state index contributed by atoms with van der Waals surface area (Å²) in [6.45, 7) is 3.92. The number of rotatable bonds is 7. The molecule has 0 fully saturated rings. The lowest BCUT2D eigenvalue weighted by Crippen LogP contribution is -2.44. The number of amides is 2. The van der Waals surface area contributed by atoms with E-state index in [0.29, 0.717) is 23.6 Å². The fourth-order valence-corrected chi connectivity index (χ4v) is 2.05. The van der Waals surface area contributed by atoms with Crippen LogP contribution in [0.4, 0.5) is 10.5 Å². The smallest absolute Gasteiger partial charge is 0.328 e. The lowest BCUT2D eigenvalue weighted by atomic mass is 10.0. The molecule has 1 rings (SSSR count). The maximum atomic E-state index is 12.1. The van der Waals surface area contributed by atoms with Crippen LogP contribution in [0.3, 0.4) is 0 Å². The summed E-state index contributed by atoms with van der Waals surface area (Å²) in [5, 5.41) is 5.27. The standard InChI is InChI=1S/C16H24N2O5/c1-10(2)8-13(15(19)23-5)18-16(20)17-12-7-6-11(21-3)9-14(12)22-4/h6-7,9-10,13H,8H2,1-5H3,(H2,17,18,20). The maximum Gasteiger partial charge on any atom is 0.328 e. The first-order chi connectivity index (χ1) is 10.9. The second kappa shape index (κ2) is 8.87. The van der Waals surface area contributed by atoms with E-state index in [1.807, 2.05) is 13.8 Å². The molecule has 1 unspecified atom stereocenters. The summed E-state index contributed by atoms with van der Waals surface area (Å²) in [6, 6.07) is 3.80. The number of hydrogen-bond acceptors (Lipinski definition) is 5. The fraction of sp³-hybridized carbons (Fsp3) is 0.500. The SMILES string of the molecule is COC(=O)C(CC(C)C)NC(=O)Nc1ccc(OC)cc1OC. The zero-order chi connectivity index (χ0) is 17.4. The van der Waals surface area contributed by atoms with Crippen molar-refractivity contribution in [2.24, 2.45) is 5.92 Å². The topological polar surface area (TPSA) is 85.9 Å². The average molecular weight is 324 g/mol. The maximum absolute atomic E-state index is 12.1. The van der Waals surface area contributed by atoms with Gasteiger partial charge in [0.15, 0.2) is 0 Å². The Balaban J connectivity index is 2.79. The van der Waals surface area contributed by atoms with Gasteiger partial charge in [-0.2, -0.15) is 0 Å². The minimum Gasteiger partial charge on any atom is -0.497 e. The molecular formula is C16H24N2O5. The Morgan fingerprint density at radius 2 is 1.83 bits per heavy atom. The van der Waals surface area contributed by atoms with Gasteiger partial charge in [0.05, 0.1) is 27.0 Å². The van der Waals surface area contributed by atoms with Crippen molar-refractivity contribution in [3.8, 4) is 11.5 Å². The highest BCUT2D eigenvalue weighted by atomic mass is 16.5. The molecule has 7 nitrogen and oxygen atoms in total. The van der Waals surface area contributed by atoms with Crippen molar-refractivity contribution in [2.75, 3.05) is 26.6 Å². The number of nitrogens with one attached hydrogen (secondary N) is 2. The third kappa shape index (κ3) is 5.69. The Morgan fingerprint density at radius 3 is 2.35 bits per heavy atom. The second-order valence-electron chi connectivity index (χ2n) is 5.37. The predicted octanol–water partition coefficient (Wildman–Crippen LogP) is 2.41. The summed E-state index contributed by atoms with van der Waals surface area (Å²) in [4.78, 5) is 23.9. The molecule has 0 aliphatic rings. The summed E-state index contributed by atoms with van der Waals surface area (Å²) < 4.78 is 15.0. The summed E-state index contributed by atoms with van der Waals surface area (Å²) in [7, 11) is 4.33. The van der Waals surface area contributed by atoms with Gasteiger partial charge in [-0.15, -0.1) is 0 Å². The van der Waals surface area contributed by atoms with Gasteiger partial charge in [-0.3, -0.25) is 0 Å². The van der Waals surface area contributed by atoms with E-state index < -0.39 is 18.0 Å². The van der Waals surface area contributed by atoms with E-state index in [1.165, 1.54) is 14.2 Å². The molecule has 23 heavy (non-hydrogen) atoms. The average Bonchev–Trinajstić information content (AvgIpc) is 2.53. The molecule has 0 radical (unpaired) electrons. The first-order valence-corrected chi connectivity index (χ1v) is 7.28. The van der Waals surface area contributed by atoms with Gasteiger partial charge < -0.3 is 24.8 Å². The third-order valence-corrected chi connectivity index (χ3v) is 3.16. The molecule has 0 aliphatic heterocycles. The molecule has 0 saturated heterocycles. The van der Waals surface area contributed by atoms with Gasteiger partial charge >= 0.3 is 12.0 Å². The van der Waals surface area contributed by atoms with E-state index in [4.69, 9.17) is 14.2 Å². The van der Waals surface area contributed by atoms with E-state index in [1.54, 1.807) is 25.3 Å². The second-order valence-corrected chi connectivity index (χ2v) is 5.37. The van der Waals surface area contributed by atoms with E-state index >= 15 is 0 Å². The molecule has 0 aromatic heterocycles. The number of anilines is 1. The van der Waals surface area contributed by atoms with Crippen LogP contribution in [0.25, 0.3) is 0 Å². The van der Waals surface area contributed by atoms with Crippen molar-refractivity contribution in [1.29, 1.82) is 0 Å². The van der Waals surface area contributed by atoms with Crippen LogP contribution < -0.4 is 20.1 Å². The number of benzene rings is 1. The molecule has 0 spiro atoms. The largest absolute Gasteiger partial charge is 0.497 e. The molecule has 7 heteroatoms. The van der Waals surface area contributed by atoms with Gasteiger partial charge in [0.25, 0.3) is 0 Å². The molecule has 0 aliphatic carbocycles. The van der Waals surface area contributed by atoms with Gasteiger partial charge in [-0.05, 0) is 24.5 Å². The minimum atomic E-state index is -0.704. The number of carbonyl (C=O) groups is 2. The lowest BCUT2D eigenvalue weighted by Gasteiger charge is -2.19. The first-order valence-electron chi connectivity index (χ1n) is 7.28. The molecule has 1 atom stereocenters. The molecule has 2 N–H and O–H groups in total. The number of ether oxygens (including phenoxy) is 3. The van der Waals surface area contributed by atoms with Crippen molar-refractivity contribution in [1.82, 2.24) is 5.32 Å². The van der Waals surface area contributed by atoms with Crippen molar-refractivity contribution in [3.05, 3.63) is 18.2 Å². The number of methoxy groups -OCH3 is 3. The van der Waals surface area contributed by atoms with E-state index in [2.05, 4.69) is 10.6 Å². The summed E-state index contributed by atoms with van der Waals surface area (Å²) in [6.07, 6.45) is 0.486. The number of carbonyl (C=O) groups excluding carboxylic acids is 2. The highest BCUT2D eigenvalue weighted by Gasteiger charge is 2.23. The fourth-order valence-electron chi connectivity index (χ4n) is 2.05. The van der Waals surface area contributed by atoms with Crippen LogP contribution in [0, 0.1) is 5.92 Å². The summed E-state index contributed by atoms with van der Waals surface area (Å²) in [5.41, 5.74) is 0.471. The quantitative estimate of drug-likeness (QED) is 0.752. The lowest BCUT2D eigenvalue weighted by molar-refractivity contribution is -0.143. The summed E-state index contributed by atoms with van der Waals surface area (Å²) >= 11 is 0. The molecule has 1 aromatic carbocycles. The van der Waals surface area contributed by atoms with Crippen LogP contribution in [-0.4, -0.2) is 39.4 Å². The molecule has 2 amide bonds. The van der Waals surface area contributed by atoms with E-state index in [9.17, 15) is 9.59 Å². The third-order valence-electron chi connectivity index (χ3n) is 3.16. The van der Waals surface area contributed by atoms with Crippen LogP contribution in [0.1, 0.15) is 20.3 Å². The number of esters is 1. The van der Waals surface area contributed by atoms with Crippen molar-refractivity contribution in [3.63, 3.8) is 0 Å². The zero-order valence-corrected chi connectivity index (χ0v) is 14.1. The van der Waals surface area contributed by atoms with Crippen LogP contribution in [-0.2, 0) is 9.53 Å². The monoisotopic (exact) mass is 324 g/mol. The van der Waals surface area contributed by atoms with Gasteiger partial charge in [0, 0.05) is 6.07 Å². The minimum absolute atomic E-state index is 0.231. The van der Waals surface area contributed by atoms with Crippen molar-refractivity contribution < 1.29 is 23.8 Å². The van der Waals surface area contributed by atoms with Gasteiger partial charge in [0.2, 0.25) is 0 Å². The molecule has 0 heterocycles. The van der Waals surface area contributed by atoms with Crippen LogP contribution in [0.15, 0.2) is 18.2 Å². The highest BCUT2D eigenvalue weighted by molar-refractivity contribution is 5.93. The molecule has 1 aromatic rings. The van der Waals surface area contributed by atoms with E-state index in [0.717, 1.165) is 0 Å². The van der Waals surface area contributed by atoms with E-state index in [-0.39, 0.29) is 5.92 Å². The van der Waals surface area contributed by atoms with Crippen LogP contribution >= 0.6 is 0 Å². The molecule has 0 bridgehead atoms.